The Hall–Kier alpha value is -1.57. The second-order valence-electron chi connectivity index (χ2n) is 4.72. The van der Waals surface area contributed by atoms with Crippen LogP contribution in [0.3, 0.4) is 0 Å². The standard InChI is InChI=1S/C16H14BrClFNO3S/c1-3-8-20(15-6-4-11(17)9-14(15)19)24(21,22)12-5-7-16(23-2)13(18)10-12/h3-7,9-10H,1,8H2,2H3. The monoisotopic (exact) mass is 433 g/mol. The molecule has 0 radical (unpaired) electrons. The number of sulfonamides is 1. The summed E-state index contributed by atoms with van der Waals surface area (Å²) in [6.45, 7) is 3.45. The zero-order chi connectivity index (χ0) is 17.9. The molecule has 0 atom stereocenters. The molecule has 8 heteroatoms. The van der Waals surface area contributed by atoms with Gasteiger partial charge in [-0.15, -0.1) is 6.58 Å². The van der Waals surface area contributed by atoms with Crippen LogP contribution < -0.4 is 9.04 Å². The van der Waals surface area contributed by atoms with Gasteiger partial charge in [0.1, 0.15) is 11.6 Å². The lowest BCUT2D eigenvalue weighted by molar-refractivity contribution is 0.414. The number of nitrogens with zero attached hydrogens (tertiary/aromatic N) is 1. The SMILES string of the molecule is C=CCN(c1ccc(Br)cc1F)S(=O)(=O)c1ccc(OC)c(Cl)c1. The summed E-state index contributed by atoms with van der Waals surface area (Å²) in [4.78, 5) is -0.0718. The van der Waals surface area contributed by atoms with Crippen molar-refractivity contribution >= 4 is 43.2 Å². The van der Waals surface area contributed by atoms with Crippen LogP contribution in [0.25, 0.3) is 0 Å². The Morgan fingerprint density at radius 2 is 2.04 bits per heavy atom. The average molecular weight is 435 g/mol. The fourth-order valence-corrected chi connectivity index (χ4v) is 4.19. The molecule has 2 aromatic carbocycles. The molecule has 24 heavy (non-hydrogen) atoms. The summed E-state index contributed by atoms with van der Waals surface area (Å²) in [6.07, 6.45) is 1.38. The number of methoxy groups -OCH3 is 1. The molecule has 0 aliphatic heterocycles. The van der Waals surface area contributed by atoms with E-state index >= 15 is 0 Å². The molecule has 0 amide bonds. The molecule has 0 spiro atoms. The lowest BCUT2D eigenvalue weighted by Crippen LogP contribution is -2.32. The molecular weight excluding hydrogens is 421 g/mol. The minimum Gasteiger partial charge on any atom is -0.495 e. The molecule has 4 nitrogen and oxygen atoms in total. The molecule has 0 saturated heterocycles. The normalized spacial score (nSPS) is 11.2. The second kappa shape index (κ2) is 7.55. The zero-order valence-corrected chi connectivity index (χ0v) is 15.8. The van der Waals surface area contributed by atoms with Gasteiger partial charge in [0.25, 0.3) is 10.0 Å². The maximum Gasteiger partial charge on any atom is 0.264 e. The first-order valence-corrected chi connectivity index (χ1v) is 9.34. The van der Waals surface area contributed by atoms with Crippen LogP contribution >= 0.6 is 27.5 Å². The number of hydrogen-bond acceptors (Lipinski definition) is 3. The van der Waals surface area contributed by atoms with Crippen LogP contribution in [-0.2, 0) is 10.0 Å². The van der Waals surface area contributed by atoms with Crippen LogP contribution in [-0.4, -0.2) is 22.1 Å². The van der Waals surface area contributed by atoms with Crippen LogP contribution in [0.4, 0.5) is 10.1 Å². The highest BCUT2D eigenvalue weighted by Gasteiger charge is 2.27. The molecule has 0 bridgehead atoms. The van der Waals surface area contributed by atoms with Crippen molar-refractivity contribution < 1.29 is 17.5 Å². The van der Waals surface area contributed by atoms with Crippen LogP contribution in [0.5, 0.6) is 5.75 Å². The van der Waals surface area contributed by atoms with E-state index in [1.165, 1.54) is 43.5 Å². The van der Waals surface area contributed by atoms with E-state index in [2.05, 4.69) is 22.5 Å². The number of hydrogen-bond donors (Lipinski definition) is 0. The number of ether oxygens (including phenoxy) is 1. The molecular formula is C16H14BrClFNO3S. The highest BCUT2D eigenvalue weighted by atomic mass is 79.9. The Kier molecular flexibility index (Phi) is 5.90. The molecule has 2 aromatic rings. The predicted octanol–water partition coefficient (Wildman–Crippen LogP) is 4.63. The van der Waals surface area contributed by atoms with Gasteiger partial charge in [0.15, 0.2) is 0 Å². The fourth-order valence-electron chi connectivity index (χ4n) is 2.06. The summed E-state index contributed by atoms with van der Waals surface area (Å²) in [7, 11) is -2.61. The first-order chi connectivity index (χ1) is 11.3. The van der Waals surface area contributed by atoms with Gasteiger partial charge in [-0.25, -0.2) is 12.8 Å². The fraction of sp³-hybridized carbons (Fsp3) is 0.125. The Bertz CT molecular complexity index is 874. The van der Waals surface area contributed by atoms with Gasteiger partial charge in [0, 0.05) is 4.47 Å². The van der Waals surface area contributed by atoms with Gasteiger partial charge < -0.3 is 4.74 Å². The molecule has 0 aromatic heterocycles. The molecule has 2 rings (SSSR count). The molecule has 128 valence electrons. The Balaban J connectivity index is 2.57. The Labute approximate surface area is 153 Å². The Morgan fingerprint density at radius 1 is 1.33 bits per heavy atom. The zero-order valence-electron chi connectivity index (χ0n) is 12.7. The molecule has 0 fully saturated rings. The van der Waals surface area contributed by atoms with E-state index in [0.717, 1.165) is 4.31 Å². The summed E-state index contributed by atoms with van der Waals surface area (Å²) in [5, 5.41) is 0.147. The van der Waals surface area contributed by atoms with Crippen LogP contribution in [0.15, 0.2) is 58.4 Å². The van der Waals surface area contributed by atoms with Crippen molar-refractivity contribution in [3.8, 4) is 5.75 Å². The van der Waals surface area contributed by atoms with E-state index in [0.29, 0.717) is 10.2 Å². The van der Waals surface area contributed by atoms with Gasteiger partial charge in [0.05, 0.1) is 29.3 Å². The van der Waals surface area contributed by atoms with Crippen molar-refractivity contribution in [2.75, 3.05) is 18.0 Å². The van der Waals surface area contributed by atoms with Gasteiger partial charge >= 0.3 is 0 Å². The summed E-state index contributed by atoms with van der Waals surface area (Å²) >= 11 is 9.15. The molecule has 0 aliphatic carbocycles. The third-order valence-corrected chi connectivity index (χ3v) is 5.75. The van der Waals surface area contributed by atoms with E-state index in [1.807, 2.05) is 0 Å². The van der Waals surface area contributed by atoms with Crippen molar-refractivity contribution in [1.29, 1.82) is 0 Å². The summed E-state index contributed by atoms with van der Waals surface area (Å²) < 4.78 is 46.5. The van der Waals surface area contributed by atoms with Crippen LogP contribution in [0.2, 0.25) is 5.02 Å². The Morgan fingerprint density at radius 3 is 2.58 bits per heavy atom. The number of anilines is 1. The maximum absolute atomic E-state index is 14.3. The van der Waals surface area contributed by atoms with Crippen molar-refractivity contribution in [2.45, 2.75) is 4.90 Å². The van der Waals surface area contributed by atoms with Crippen LogP contribution in [0.1, 0.15) is 0 Å². The maximum atomic E-state index is 14.3. The van der Waals surface area contributed by atoms with E-state index in [-0.39, 0.29) is 22.2 Å². The molecule has 0 heterocycles. The minimum absolute atomic E-state index is 0.0718. The van der Waals surface area contributed by atoms with Gasteiger partial charge in [-0.1, -0.05) is 33.6 Å². The van der Waals surface area contributed by atoms with E-state index in [1.54, 1.807) is 6.07 Å². The smallest absolute Gasteiger partial charge is 0.264 e. The average Bonchev–Trinajstić information content (AvgIpc) is 2.53. The van der Waals surface area contributed by atoms with E-state index in [9.17, 15) is 12.8 Å². The lowest BCUT2D eigenvalue weighted by atomic mass is 10.3. The second-order valence-corrected chi connectivity index (χ2v) is 7.90. The van der Waals surface area contributed by atoms with Crippen molar-refractivity contribution in [3.63, 3.8) is 0 Å². The van der Waals surface area contributed by atoms with Crippen LogP contribution in [0, 0.1) is 5.82 Å². The van der Waals surface area contributed by atoms with Crippen molar-refractivity contribution in [1.82, 2.24) is 0 Å². The largest absolute Gasteiger partial charge is 0.495 e. The molecule has 0 N–H and O–H groups in total. The summed E-state index contributed by atoms with van der Waals surface area (Å²) in [5.41, 5.74) is -0.0787. The van der Waals surface area contributed by atoms with Gasteiger partial charge in [0.2, 0.25) is 0 Å². The van der Waals surface area contributed by atoms with E-state index < -0.39 is 15.8 Å². The third kappa shape index (κ3) is 3.74. The minimum atomic E-state index is -4.03. The highest BCUT2D eigenvalue weighted by molar-refractivity contribution is 9.10. The number of halogens is 3. The number of benzene rings is 2. The van der Waals surface area contributed by atoms with Gasteiger partial charge in [-0.3, -0.25) is 4.31 Å². The number of rotatable bonds is 6. The molecule has 0 saturated carbocycles. The first-order valence-electron chi connectivity index (χ1n) is 6.73. The highest BCUT2D eigenvalue weighted by Crippen LogP contribution is 2.32. The van der Waals surface area contributed by atoms with Crippen molar-refractivity contribution in [3.05, 3.63) is 64.4 Å². The first kappa shape index (κ1) is 18.8. The summed E-state index contributed by atoms with van der Waals surface area (Å²) in [6, 6.07) is 8.20. The quantitative estimate of drug-likeness (QED) is 0.623. The van der Waals surface area contributed by atoms with E-state index in [4.69, 9.17) is 16.3 Å². The topological polar surface area (TPSA) is 46.6 Å². The summed E-state index contributed by atoms with van der Waals surface area (Å²) in [5.74, 6) is -0.324. The molecule has 0 aliphatic rings. The molecule has 0 unspecified atom stereocenters. The van der Waals surface area contributed by atoms with Gasteiger partial charge in [-0.05, 0) is 36.4 Å². The third-order valence-electron chi connectivity index (χ3n) is 3.18. The van der Waals surface area contributed by atoms with Crippen molar-refractivity contribution in [2.24, 2.45) is 0 Å². The predicted molar refractivity (Wildman–Crippen MR) is 96.8 cm³/mol. The lowest BCUT2D eigenvalue weighted by Gasteiger charge is -2.24. The van der Waals surface area contributed by atoms with Gasteiger partial charge in [-0.2, -0.15) is 0 Å².